The van der Waals surface area contributed by atoms with Crippen LogP contribution in [-0.4, -0.2) is 25.5 Å². The number of phenolic OH excluding ortho intramolecular Hbond substituents is 1. The molecule has 3 heterocycles. The predicted octanol–water partition coefficient (Wildman–Crippen LogP) is 4.35. The molecule has 180 valence electrons. The molecule has 7 nitrogen and oxygen atoms in total. The fraction of sp³-hybridized carbons (Fsp3) is 0.0741. The van der Waals surface area contributed by atoms with Crippen molar-refractivity contribution in [1.29, 1.82) is 0 Å². The quantitative estimate of drug-likeness (QED) is 0.332. The monoisotopic (exact) mass is 486 g/mol. The minimum absolute atomic E-state index is 0.0159. The highest BCUT2D eigenvalue weighted by Gasteiger charge is 2.15. The third kappa shape index (κ3) is 4.46. The number of aromatic nitrogens is 3. The summed E-state index contributed by atoms with van der Waals surface area (Å²) in [7, 11) is 0. The van der Waals surface area contributed by atoms with Crippen molar-refractivity contribution in [3.63, 3.8) is 0 Å². The lowest BCUT2D eigenvalue weighted by molar-refractivity contribution is 0.0949. The summed E-state index contributed by atoms with van der Waals surface area (Å²) in [6.07, 6.45) is 4.90. The summed E-state index contributed by atoms with van der Waals surface area (Å²) >= 11 is 0. The van der Waals surface area contributed by atoms with E-state index in [1.165, 1.54) is 22.9 Å². The van der Waals surface area contributed by atoms with Crippen molar-refractivity contribution >= 4 is 16.9 Å². The number of aromatic amines is 1. The highest BCUT2D eigenvalue weighted by atomic mass is 19.2. The maximum absolute atomic E-state index is 13.5. The van der Waals surface area contributed by atoms with Crippen molar-refractivity contribution in [2.24, 2.45) is 0 Å². The number of hydrogen-bond donors (Lipinski definition) is 3. The van der Waals surface area contributed by atoms with E-state index < -0.39 is 23.1 Å². The maximum atomic E-state index is 13.5. The van der Waals surface area contributed by atoms with Crippen molar-refractivity contribution in [2.45, 2.75) is 13.1 Å². The van der Waals surface area contributed by atoms with Crippen LogP contribution in [0.25, 0.3) is 22.2 Å². The molecule has 0 saturated carbocycles. The molecule has 1 amide bonds. The van der Waals surface area contributed by atoms with Gasteiger partial charge in [0.15, 0.2) is 11.6 Å². The maximum Gasteiger partial charge on any atom is 0.263 e. The van der Waals surface area contributed by atoms with Gasteiger partial charge < -0.3 is 20.0 Å². The number of hydrogen-bond acceptors (Lipinski definition) is 4. The lowest BCUT2D eigenvalue weighted by Gasteiger charge is -2.11. The predicted molar refractivity (Wildman–Crippen MR) is 131 cm³/mol. The molecule has 0 spiro atoms. The van der Waals surface area contributed by atoms with Crippen molar-refractivity contribution in [1.82, 2.24) is 19.9 Å². The Kier molecular flexibility index (Phi) is 6.03. The zero-order chi connectivity index (χ0) is 25.2. The van der Waals surface area contributed by atoms with Crippen LogP contribution in [-0.2, 0) is 13.1 Å². The van der Waals surface area contributed by atoms with Crippen molar-refractivity contribution < 1.29 is 18.7 Å². The Morgan fingerprint density at radius 3 is 2.67 bits per heavy atom. The number of pyridine rings is 2. The Bertz CT molecular complexity index is 1660. The largest absolute Gasteiger partial charge is 0.507 e. The second-order valence-electron chi connectivity index (χ2n) is 8.24. The van der Waals surface area contributed by atoms with E-state index in [0.29, 0.717) is 22.3 Å². The highest BCUT2D eigenvalue weighted by molar-refractivity contribution is 5.95. The number of fused-ring (bicyclic) bond motifs is 1. The summed E-state index contributed by atoms with van der Waals surface area (Å²) in [4.78, 5) is 33.0. The molecule has 2 aromatic carbocycles. The molecule has 5 rings (SSSR count). The average molecular weight is 486 g/mol. The van der Waals surface area contributed by atoms with Crippen LogP contribution in [0.1, 0.15) is 21.5 Å². The van der Waals surface area contributed by atoms with E-state index in [2.05, 4.69) is 15.3 Å². The Labute approximate surface area is 203 Å². The van der Waals surface area contributed by atoms with Gasteiger partial charge in [-0.05, 0) is 59.7 Å². The van der Waals surface area contributed by atoms with Gasteiger partial charge in [-0.1, -0.05) is 12.1 Å². The fourth-order valence-electron chi connectivity index (χ4n) is 4.03. The SMILES string of the molecule is O=C(NCc1ccc(O)c(-c2c[nH]c3ncccc23)c1)c1cccn(Cc2ccc(F)c(F)c2)c1=O. The van der Waals surface area contributed by atoms with Crippen LogP contribution < -0.4 is 10.9 Å². The number of aromatic hydroxyl groups is 1. The zero-order valence-corrected chi connectivity index (χ0v) is 18.8. The smallest absolute Gasteiger partial charge is 0.263 e. The molecule has 5 aromatic rings. The van der Waals surface area contributed by atoms with Crippen LogP contribution in [0.2, 0.25) is 0 Å². The minimum Gasteiger partial charge on any atom is -0.507 e. The molecular formula is C27H20F2N4O3. The third-order valence-electron chi connectivity index (χ3n) is 5.86. The van der Waals surface area contributed by atoms with E-state index >= 15 is 0 Å². The van der Waals surface area contributed by atoms with E-state index in [1.807, 2.05) is 6.07 Å². The Hall–Kier alpha value is -4.79. The lowest BCUT2D eigenvalue weighted by atomic mass is 10.0. The number of phenols is 1. The van der Waals surface area contributed by atoms with Gasteiger partial charge in [-0.25, -0.2) is 13.8 Å². The van der Waals surface area contributed by atoms with Crippen LogP contribution in [0.15, 0.2) is 84.0 Å². The molecule has 0 bridgehead atoms. The Morgan fingerprint density at radius 1 is 1.00 bits per heavy atom. The Morgan fingerprint density at radius 2 is 1.83 bits per heavy atom. The molecule has 0 fully saturated rings. The molecule has 0 aliphatic carbocycles. The number of carbonyl (C=O) groups excluding carboxylic acids is 1. The first-order valence-electron chi connectivity index (χ1n) is 11.1. The van der Waals surface area contributed by atoms with Crippen molar-refractivity contribution in [2.75, 3.05) is 0 Å². The molecule has 3 N–H and O–H groups in total. The molecule has 0 saturated heterocycles. The molecule has 0 aliphatic heterocycles. The van der Waals surface area contributed by atoms with E-state index in [-0.39, 0.29) is 24.4 Å². The number of rotatable bonds is 6. The second kappa shape index (κ2) is 9.46. The summed E-state index contributed by atoms with van der Waals surface area (Å²) < 4.78 is 28.0. The number of halogens is 2. The topological polar surface area (TPSA) is 100 Å². The summed E-state index contributed by atoms with van der Waals surface area (Å²) in [6, 6.07) is 15.0. The molecule has 9 heteroatoms. The first-order chi connectivity index (χ1) is 17.4. The van der Waals surface area contributed by atoms with Gasteiger partial charge >= 0.3 is 0 Å². The molecule has 3 aromatic heterocycles. The summed E-state index contributed by atoms with van der Waals surface area (Å²) in [5.74, 6) is -2.48. The number of H-pyrrole nitrogens is 1. The van der Waals surface area contributed by atoms with E-state index in [4.69, 9.17) is 0 Å². The summed E-state index contributed by atoms with van der Waals surface area (Å²) in [5.41, 5.74) is 2.50. The molecule has 0 aliphatic rings. The second-order valence-corrected chi connectivity index (χ2v) is 8.24. The van der Waals surface area contributed by atoms with Crippen LogP contribution >= 0.6 is 0 Å². The Balaban J connectivity index is 1.34. The molecule has 36 heavy (non-hydrogen) atoms. The van der Waals surface area contributed by atoms with Crippen LogP contribution in [0, 0.1) is 11.6 Å². The van der Waals surface area contributed by atoms with Gasteiger partial charge in [0.1, 0.15) is 17.0 Å². The summed E-state index contributed by atoms with van der Waals surface area (Å²) in [5, 5.41) is 14.0. The van der Waals surface area contributed by atoms with Crippen molar-refractivity contribution in [3.8, 4) is 16.9 Å². The van der Waals surface area contributed by atoms with E-state index in [9.17, 15) is 23.5 Å². The van der Waals surface area contributed by atoms with Gasteiger partial charge in [0.2, 0.25) is 0 Å². The normalized spacial score (nSPS) is 11.1. The van der Waals surface area contributed by atoms with Gasteiger partial charge in [0.25, 0.3) is 11.5 Å². The molecular weight excluding hydrogens is 466 g/mol. The van der Waals surface area contributed by atoms with Gasteiger partial charge in [0, 0.05) is 41.6 Å². The highest BCUT2D eigenvalue weighted by Crippen LogP contribution is 2.34. The van der Waals surface area contributed by atoms with Gasteiger partial charge in [-0.2, -0.15) is 0 Å². The van der Waals surface area contributed by atoms with Gasteiger partial charge in [0.05, 0.1) is 6.54 Å². The molecule has 0 radical (unpaired) electrons. The lowest BCUT2D eigenvalue weighted by Crippen LogP contribution is -2.32. The first kappa shape index (κ1) is 23.0. The van der Waals surface area contributed by atoms with E-state index in [0.717, 1.165) is 23.1 Å². The van der Waals surface area contributed by atoms with Gasteiger partial charge in [-0.15, -0.1) is 0 Å². The van der Waals surface area contributed by atoms with Crippen molar-refractivity contribution in [3.05, 3.63) is 118 Å². The first-order valence-corrected chi connectivity index (χ1v) is 11.1. The third-order valence-corrected chi connectivity index (χ3v) is 5.86. The zero-order valence-electron chi connectivity index (χ0n) is 18.8. The van der Waals surface area contributed by atoms with Crippen LogP contribution in [0.3, 0.4) is 0 Å². The van der Waals surface area contributed by atoms with E-state index in [1.54, 1.807) is 42.7 Å². The van der Waals surface area contributed by atoms with Crippen LogP contribution in [0.4, 0.5) is 8.78 Å². The summed E-state index contributed by atoms with van der Waals surface area (Å²) in [6.45, 7) is 0.0994. The number of nitrogens with zero attached hydrogens (tertiary/aromatic N) is 2. The number of carbonyl (C=O) groups is 1. The number of amides is 1. The average Bonchev–Trinajstić information content (AvgIpc) is 3.31. The molecule has 0 atom stereocenters. The standard InChI is InChI=1S/C27H20F2N4O3/c28-22-7-5-17(12-23(22)29)15-33-10-2-4-19(27(33)36)26(35)32-13-16-6-8-24(34)20(11-16)21-14-31-25-18(21)3-1-9-30-25/h1-12,14,34H,13,15H2,(H,30,31)(H,32,35). The number of nitrogens with one attached hydrogen (secondary N) is 2. The number of benzene rings is 2. The van der Waals surface area contributed by atoms with Gasteiger partial charge in [-0.3, -0.25) is 9.59 Å². The minimum atomic E-state index is -1.01. The fourth-order valence-corrected chi connectivity index (χ4v) is 4.03. The van der Waals surface area contributed by atoms with Crippen LogP contribution in [0.5, 0.6) is 5.75 Å². The molecule has 0 unspecified atom stereocenters.